The lowest BCUT2D eigenvalue weighted by atomic mass is 10.2. The van der Waals surface area contributed by atoms with Gasteiger partial charge in [0.05, 0.1) is 28.9 Å². The number of likely N-dealkylation sites (N-methyl/N-ethyl adjacent to an activating group) is 1. The highest BCUT2D eigenvalue weighted by atomic mass is 35.5. The number of aromatic nitrogens is 2. The summed E-state index contributed by atoms with van der Waals surface area (Å²) < 4.78 is 45.0. The summed E-state index contributed by atoms with van der Waals surface area (Å²) in [5.74, 6) is -0.800. The van der Waals surface area contributed by atoms with E-state index in [1.54, 1.807) is 49.3 Å². The van der Waals surface area contributed by atoms with Crippen molar-refractivity contribution in [3.8, 4) is 5.69 Å². The van der Waals surface area contributed by atoms with Crippen molar-refractivity contribution in [2.24, 2.45) is 0 Å². The minimum absolute atomic E-state index is 0.0741. The average Bonchev–Trinajstić information content (AvgIpc) is 3.59. The molecule has 2 N–H and O–H groups in total. The predicted octanol–water partition coefficient (Wildman–Crippen LogP) is 2.17. The lowest BCUT2D eigenvalue weighted by Gasteiger charge is -2.19. The molecule has 204 valence electrons. The molecule has 0 bridgehead atoms. The first kappa shape index (κ1) is 28.2. The Bertz CT molecular complexity index is 1420. The fraction of sp³-hybridized carbons (Fsp3) is 0.375. The van der Waals surface area contributed by atoms with Crippen LogP contribution in [0.4, 0.5) is 10.1 Å². The first-order chi connectivity index (χ1) is 18.0. The minimum Gasteiger partial charge on any atom is -0.348 e. The highest BCUT2D eigenvalue weighted by Gasteiger charge is 2.36. The molecule has 14 heteroatoms. The van der Waals surface area contributed by atoms with Crippen molar-refractivity contribution in [3.05, 3.63) is 63.6 Å². The summed E-state index contributed by atoms with van der Waals surface area (Å²) in [5, 5.41) is 3.02. The van der Waals surface area contributed by atoms with E-state index in [4.69, 9.17) is 11.6 Å². The van der Waals surface area contributed by atoms with Gasteiger partial charge in [-0.3, -0.25) is 9.59 Å². The largest absolute Gasteiger partial charge is 0.348 e. The fourth-order valence-electron chi connectivity index (χ4n) is 4.03. The van der Waals surface area contributed by atoms with Crippen molar-refractivity contribution in [2.45, 2.75) is 25.4 Å². The van der Waals surface area contributed by atoms with Gasteiger partial charge in [0.2, 0.25) is 21.8 Å². The number of halogens is 2. The highest BCUT2D eigenvalue weighted by Crippen LogP contribution is 2.28. The van der Waals surface area contributed by atoms with Crippen LogP contribution in [0.5, 0.6) is 0 Å². The van der Waals surface area contributed by atoms with Crippen LogP contribution in [0.2, 0.25) is 4.34 Å². The van der Waals surface area contributed by atoms with E-state index >= 15 is 4.39 Å². The van der Waals surface area contributed by atoms with Crippen molar-refractivity contribution in [3.63, 3.8) is 0 Å². The third kappa shape index (κ3) is 6.77. The van der Waals surface area contributed by atoms with Crippen LogP contribution >= 0.6 is 22.9 Å². The molecular formula is C24H28ClFN6O4S2. The van der Waals surface area contributed by atoms with Crippen LogP contribution in [0.3, 0.4) is 0 Å². The first-order valence-electron chi connectivity index (χ1n) is 11.8. The molecule has 0 radical (unpaired) electrons. The molecular weight excluding hydrogens is 555 g/mol. The van der Waals surface area contributed by atoms with Crippen LogP contribution in [-0.2, 0) is 32.6 Å². The van der Waals surface area contributed by atoms with Crippen molar-refractivity contribution < 1.29 is 22.4 Å². The summed E-state index contributed by atoms with van der Waals surface area (Å²) in [6.45, 7) is 0.614. The molecule has 4 rings (SSSR count). The zero-order valence-corrected chi connectivity index (χ0v) is 23.2. The number of thiophene rings is 1. The van der Waals surface area contributed by atoms with E-state index < -0.39 is 27.8 Å². The Morgan fingerprint density at radius 2 is 2.08 bits per heavy atom. The van der Waals surface area contributed by atoms with Crippen LogP contribution in [0, 0.1) is 5.82 Å². The maximum Gasteiger partial charge on any atom is 0.245 e. The fourth-order valence-corrected chi connectivity index (χ4v) is 6.50. The number of hydrogen-bond donors (Lipinski definition) is 2. The second kappa shape index (κ2) is 11.9. The molecule has 2 amide bonds. The summed E-state index contributed by atoms with van der Waals surface area (Å²) in [6.07, 6.45) is 3.76. The molecule has 1 atom stereocenters. The quantitative estimate of drug-likeness (QED) is 0.358. The SMILES string of the molecule is CN(C)C(=O)CNCc1nccn1-c1ccc(N2CC[C@H](NS(=O)(=O)CCc3ccc(Cl)s3)C2=O)c(F)c1. The van der Waals surface area contributed by atoms with Gasteiger partial charge in [-0.2, -0.15) is 0 Å². The van der Waals surface area contributed by atoms with Gasteiger partial charge in [-0.1, -0.05) is 11.6 Å². The summed E-state index contributed by atoms with van der Waals surface area (Å²) in [4.78, 5) is 32.6. The van der Waals surface area contributed by atoms with Crippen molar-refractivity contribution in [1.29, 1.82) is 0 Å². The topological polar surface area (TPSA) is 117 Å². The van der Waals surface area contributed by atoms with Crippen LogP contribution < -0.4 is 14.9 Å². The number of imidazole rings is 1. The smallest absolute Gasteiger partial charge is 0.245 e. The zero-order valence-electron chi connectivity index (χ0n) is 20.9. The van der Waals surface area contributed by atoms with E-state index in [-0.39, 0.29) is 43.3 Å². The second-order valence-corrected chi connectivity index (χ2v) is 12.6. The third-order valence-corrected chi connectivity index (χ3v) is 8.73. The molecule has 0 unspecified atom stereocenters. The number of sulfonamides is 1. The van der Waals surface area contributed by atoms with E-state index in [1.807, 2.05) is 0 Å². The van der Waals surface area contributed by atoms with Gasteiger partial charge in [0.15, 0.2) is 0 Å². The molecule has 1 aliphatic heterocycles. The number of rotatable bonds is 11. The molecule has 3 aromatic rings. The summed E-state index contributed by atoms with van der Waals surface area (Å²) >= 11 is 7.20. The number of amides is 2. The molecule has 0 aliphatic carbocycles. The van der Waals surface area contributed by atoms with Gasteiger partial charge in [0.1, 0.15) is 17.7 Å². The Morgan fingerprint density at radius 1 is 1.29 bits per heavy atom. The van der Waals surface area contributed by atoms with Crippen molar-refractivity contribution in [1.82, 2.24) is 24.5 Å². The Morgan fingerprint density at radius 3 is 2.76 bits per heavy atom. The van der Waals surface area contributed by atoms with Gasteiger partial charge >= 0.3 is 0 Å². The summed E-state index contributed by atoms with van der Waals surface area (Å²) in [5.41, 5.74) is 0.571. The van der Waals surface area contributed by atoms with Gasteiger partial charge in [-0.05, 0) is 37.1 Å². The lowest BCUT2D eigenvalue weighted by molar-refractivity contribution is -0.127. The maximum absolute atomic E-state index is 15.2. The van der Waals surface area contributed by atoms with E-state index in [1.165, 1.54) is 33.3 Å². The monoisotopic (exact) mass is 582 g/mol. The van der Waals surface area contributed by atoms with Crippen molar-refractivity contribution in [2.75, 3.05) is 37.8 Å². The Kier molecular flexibility index (Phi) is 8.83. The molecule has 1 aromatic carbocycles. The van der Waals surface area contributed by atoms with Crippen LogP contribution in [0.15, 0.2) is 42.7 Å². The van der Waals surface area contributed by atoms with E-state index in [2.05, 4.69) is 15.0 Å². The predicted molar refractivity (Wildman–Crippen MR) is 145 cm³/mol. The van der Waals surface area contributed by atoms with Gasteiger partial charge < -0.3 is 19.7 Å². The lowest BCUT2D eigenvalue weighted by Crippen LogP contribution is -2.42. The molecule has 1 saturated heterocycles. The number of nitrogens with one attached hydrogen (secondary N) is 2. The van der Waals surface area contributed by atoms with E-state index in [9.17, 15) is 18.0 Å². The molecule has 0 saturated carbocycles. The van der Waals surface area contributed by atoms with E-state index in [0.717, 1.165) is 4.88 Å². The molecule has 1 fully saturated rings. The number of anilines is 1. The van der Waals surface area contributed by atoms with Gasteiger partial charge in [0.25, 0.3) is 0 Å². The molecule has 2 aromatic heterocycles. The number of aryl methyl sites for hydroxylation is 1. The standard InChI is InChI=1S/C24H28ClFN6O4S2/c1-30(2)23(33)15-27-14-22-28-9-11-31(22)16-3-5-20(18(26)13-16)32-10-7-19(24(32)34)29-38(35,36)12-8-17-4-6-21(25)37-17/h3-6,9,11,13,19,27,29H,7-8,10,12,14-15H2,1-2H3/t19-/m0/s1. The van der Waals surface area contributed by atoms with Crippen molar-refractivity contribution >= 4 is 50.5 Å². The number of hydrogen-bond acceptors (Lipinski definition) is 7. The molecule has 10 nitrogen and oxygen atoms in total. The van der Waals surface area contributed by atoms with Crippen LogP contribution in [-0.4, -0.2) is 73.7 Å². The molecule has 3 heterocycles. The van der Waals surface area contributed by atoms with Gasteiger partial charge in [-0.25, -0.2) is 22.5 Å². The third-order valence-electron chi connectivity index (χ3n) is 6.05. The van der Waals surface area contributed by atoms with E-state index in [0.29, 0.717) is 22.4 Å². The number of nitrogens with zero attached hydrogens (tertiary/aromatic N) is 4. The van der Waals surface area contributed by atoms with Crippen LogP contribution in [0.1, 0.15) is 17.1 Å². The highest BCUT2D eigenvalue weighted by molar-refractivity contribution is 7.89. The first-order valence-corrected chi connectivity index (χ1v) is 14.7. The molecule has 0 spiro atoms. The number of carbonyl (C=O) groups is 2. The Hall–Kier alpha value is -2.84. The zero-order chi connectivity index (χ0) is 27.4. The minimum atomic E-state index is -3.73. The number of benzene rings is 1. The summed E-state index contributed by atoms with van der Waals surface area (Å²) in [6, 6.07) is 6.97. The Balaban J connectivity index is 1.39. The molecule has 38 heavy (non-hydrogen) atoms. The average molecular weight is 583 g/mol. The summed E-state index contributed by atoms with van der Waals surface area (Å²) in [7, 11) is -0.395. The van der Waals surface area contributed by atoms with Gasteiger partial charge in [0, 0.05) is 49.7 Å². The second-order valence-electron chi connectivity index (χ2n) is 8.96. The number of carbonyl (C=O) groups excluding carboxylic acids is 2. The van der Waals surface area contributed by atoms with Gasteiger partial charge in [-0.15, -0.1) is 11.3 Å². The Labute approximate surface area is 229 Å². The van der Waals surface area contributed by atoms with Crippen LogP contribution in [0.25, 0.3) is 5.69 Å². The molecule has 1 aliphatic rings. The normalized spacial score (nSPS) is 15.8. The maximum atomic E-state index is 15.2.